The molecule has 0 amide bonds. The summed E-state index contributed by atoms with van der Waals surface area (Å²) in [5.41, 5.74) is 3.08. The molecule has 0 saturated heterocycles. The van der Waals surface area contributed by atoms with Crippen molar-refractivity contribution in [2.75, 3.05) is 5.32 Å². The van der Waals surface area contributed by atoms with E-state index in [1.807, 2.05) is 48.5 Å². The van der Waals surface area contributed by atoms with Gasteiger partial charge in [-0.2, -0.15) is 0 Å². The number of hydrogen-bond acceptors (Lipinski definition) is 2. The van der Waals surface area contributed by atoms with Crippen molar-refractivity contribution in [3.05, 3.63) is 65.7 Å². The summed E-state index contributed by atoms with van der Waals surface area (Å²) in [6, 6.07) is 17.4. The third-order valence-corrected chi connectivity index (χ3v) is 3.15. The highest BCUT2D eigenvalue weighted by molar-refractivity contribution is 6.02. The molecule has 1 unspecified atom stereocenters. The molecule has 0 fully saturated rings. The molecule has 1 aliphatic rings. The zero-order valence-electron chi connectivity index (χ0n) is 9.39. The number of benzene rings is 2. The van der Waals surface area contributed by atoms with Gasteiger partial charge in [-0.25, -0.2) is 0 Å². The number of hydrogen-bond donors (Lipinski definition) is 1. The van der Waals surface area contributed by atoms with E-state index in [1.165, 1.54) is 5.56 Å². The lowest BCUT2D eigenvalue weighted by Gasteiger charge is -2.09. The van der Waals surface area contributed by atoms with E-state index in [0.29, 0.717) is 0 Å². The Morgan fingerprint density at radius 1 is 1.00 bits per heavy atom. The van der Waals surface area contributed by atoms with Crippen molar-refractivity contribution in [3.63, 3.8) is 0 Å². The highest BCUT2D eigenvalue weighted by atomic mass is 16.1. The SMILES string of the molecule is O=C(c1ccccc1)C1Cc2ccccc2N1. The zero-order valence-corrected chi connectivity index (χ0v) is 9.39. The van der Waals surface area contributed by atoms with E-state index >= 15 is 0 Å². The maximum atomic E-state index is 12.3. The first-order chi connectivity index (χ1) is 8.34. The molecule has 17 heavy (non-hydrogen) atoms. The Labute approximate surface area is 100 Å². The lowest BCUT2D eigenvalue weighted by molar-refractivity contribution is 0.0971. The first-order valence-corrected chi connectivity index (χ1v) is 5.78. The van der Waals surface area contributed by atoms with Gasteiger partial charge in [0.1, 0.15) is 0 Å². The summed E-state index contributed by atoms with van der Waals surface area (Å²) in [7, 11) is 0. The molecule has 0 saturated carbocycles. The molecule has 1 atom stereocenters. The van der Waals surface area contributed by atoms with Gasteiger partial charge in [0.05, 0.1) is 6.04 Å². The standard InChI is InChI=1S/C15H13NO/c17-15(11-6-2-1-3-7-11)14-10-12-8-4-5-9-13(12)16-14/h1-9,14,16H,10H2. The topological polar surface area (TPSA) is 29.1 Å². The van der Waals surface area contributed by atoms with Gasteiger partial charge in [-0.05, 0) is 11.6 Å². The molecule has 2 heteroatoms. The third-order valence-electron chi connectivity index (χ3n) is 3.15. The van der Waals surface area contributed by atoms with Crippen molar-refractivity contribution >= 4 is 11.5 Å². The summed E-state index contributed by atoms with van der Waals surface area (Å²) in [6.07, 6.45) is 0.782. The molecule has 2 aromatic carbocycles. The van der Waals surface area contributed by atoms with Gasteiger partial charge in [-0.15, -0.1) is 0 Å². The highest BCUT2D eigenvalue weighted by Gasteiger charge is 2.26. The molecule has 3 rings (SSSR count). The summed E-state index contributed by atoms with van der Waals surface area (Å²) >= 11 is 0. The zero-order chi connectivity index (χ0) is 11.7. The number of carbonyl (C=O) groups is 1. The number of nitrogens with one attached hydrogen (secondary N) is 1. The molecule has 84 valence electrons. The van der Waals surface area contributed by atoms with E-state index in [4.69, 9.17) is 0 Å². The second-order valence-electron chi connectivity index (χ2n) is 4.29. The molecule has 1 N–H and O–H groups in total. The van der Waals surface area contributed by atoms with Crippen molar-refractivity contribution in [1.29, 1.82) is 0 Å². The summed E-state index contributed by atoms with van der Waals surface area (Å²) < 4.78 is 0. The fourth-order valence-corrected chi connectivity index (χ4v) is 2.26. The van der Waals surface area contributed by atoms with Crippen LogP contribution in [0.1, 0.15) is 15.9 Å². The van der Waals surface area contributed by atoms with E-state index < -0.39 is 0 Å². The monoisotopic (exact) mass is 223 g/mol. The third kappa shape index (κ3) is 1.82. The van der Waals surface area contributed by atoms with E-state index in [2.05, 4.69) is 11.4 Å². The van der Waals surface area contributed by atoms with Crippen LogP contribution in [0.3, 0.4) is 0 Å². The number of anilines is 1. The highest BCUT2D eigenvalue weighted by Crippen LogP contribution is 2.26. The predicted molar refractivity (Wildman–Crippen MR) is 68.3 cm³/mol. The molecular formula is C15H13NO. The van der Waals surface area contributed by atoms with Gasteiger partial charge in [0, 0.05) is 17.7 Å². The lowest BCUT2D eigenvalue weighted by atomic mass is 10.0. The molecule has 1 aliphatic heterocycles. The largest absolute Gasteiger partial charge is 0.374 e. The number of para-hydroxylation sites is 1. The number of Topliss-reactive ketones (excluding diaryl/α,β-unsaturated/α-hetero) is 1. The molecule has 0 spiro atoms. The summed E-state index contributed by atoms with van der Waals surface area (Å²) in [6.45, 7) is 0. The first-order valence-electron chi connectivity index (χ1n) is 5.78. The van der Waals surface area contributed by atoms with Gasteiger partial charge >= 0.3 is 0 Å². The smallest absolute Gasteiger partial charge is 0.185 e. The average molecular weight is 223 g/mol. The fourth-order valence-electron chi connectivity index (χ4n) is 2.26. The van der Waals surface area contributed by atoms with Crippen LogP contribution in [0.2, 0.25) is 0 Å². The van der Waals surface area contributed by atoms with Crippen LogP contribution in [0.4, 0.5) is 5.69 Å². The number of ketones is 1. The minimum Gasteiger partial charge on any atom is -0.374 e. The second kappa shape index (κ2) is 4.06. The van der Waals surface area contributed by atoms with E-state index in [9.17, 15) is 4.79 Å². The van der Waals surface area contributed by atoms with E-state index in [-0.39, 0.29) is 11.8 Å². The maximum Gasteiger partial charge on any atom is 0.185 e. The Kier molecular flexibility index (Phi) is 2.41. The van der Waals surface area contributed by atoms with Gasteiger partial charge in [-0.3, -0.25) is 4.79 Å². The van der Waals surface area contributed by atoms with Gasteiger partial charge in [0.2, 0.25) is 0 Å². The Morgan fingerprint density at radius 2 is 1.71 bits per heavy atom. The first kappa shape index (κ1) is 10.1. The van der Waals surface area contributed by atoms with Crippen LogP contribution in [0.15, 0.2) is 54.6 Å². The molecule has 0 radical (unpaired) electrons. The van der Waals surface area contributed by atoms with Crippen LogP contribution < -0.4 is 5.32 Å². The Bertz CT molecular complexity index is 523. The quantitative estimate of drug-likeness (QED) is 0.793. The van der Waals surface area contributed by atoms with E-state index in [1.54, 1.807) is 0 Å². The predicted octanol–water partition coefficient (Wildman–Crippen LogP) is 2.91. The molecule has 1 heterocycles. The Balaban J connectivity index is 1.84. The van der Waals surface area contributed by atoms with Gasteiger partial charge < -0.3 is 5.32 Å². The van der Waals surface area contributed by atoms with Crippen molar-refractivity contribution in [1.82, 2.24) is 0 Å². The maximum absolute atomic E-state index is 12.3. The molecule has 2 aromatic rings. The molecule has 0 aromatic heterocycles. The fraction of sp³-hybridized carbons (Fsp3) is 0.133. The molecule has 0 aliphatic carbocycles. The van der Waals surface area contributed by atoms with Gasteiger partial charge in [0.15, 0.2) is 5.78 Å². The van der Waals surface area contributed by atoms with Gasteiger partial charge in [0.25, 0.3) is 0 Å². The lowest BCUT2D eigenvalue weighted by Crippen LogP contribution is -2.26. The van der Waals surface area contributed by atoms with Crippen LogP contribution in [0.25, 0.3) is 0 Å². The van der Waals surface area contributed by atoms with Crippen molar-refractivity contribution in [2.45, 2.75) is 12.5 Å². The summed E-state index contributed by atoms with van der Waals surface area (Å²) in [5, 5.41) is 3.28. The van der Waals surface area contributed by atoms with Crippen LogP contribution in [-0.2, 0) is 6.42 Å². The number of rotatable bonds is 2. The molecule has 0 bridgehead atoms. The number of fused-ring (bicyclic) bond motifs is 1. The van der Waals surface area contributed by atoms with Crippen molar-refractivity contribution in [2.24, 2.45) is 0 Å². The molecular weight excluding hydrogens is 210 g/mol. The average Bonchev–Trinajstić information content (AvgIpc) is 2.82. The normalized spacial score (nSPS) is 17.3. The van der Waals surface area contributed by atoms with Crippen molar-refractivity contribution in [3.8, 4) is 0 Å². The van der Waals surface area contributed by atoms with E-state index in [0.717, 1.165) is 17.7 Å². The molecule has 2 nitrogen and oxygen atoms in total. The summed E-state index contributed by atoms with van der Waals surface area (Å²) in [5.74, 6) is 0.168. The van der Waals surface area contributed by atoms with Crippen LogP contribution in [0.5, 0.6) is 0 Å². The summed E-state index contributed by atoms with van der Waals surface area (Å²) in [4.78, 5) is 12.3. The van der Waals surface area contributed by atoms with Crippen LogP contribution in [0, 0.1) is 0 Å². The minimum absolute atomic E-state index is 0.116. The van der Waals surface area contributed by atoms with Crippen molar-refractivity contribution < 1.29 is 4.79 Å². The van der Waals surface area contributed by atoms with Crippen LogP contribution in [-0.4, -0.2) is 11.8 Å². The second-order valence-corrected chi connectivity index (χ2v) is 4.29. The Morgan fingerprint density at radius 3 is 2.47 bits per heavy atom. The minimum atomic E-state index is -0.116. The Hall–Kier alpha value is -2.09. The van der Waals surface area contributed by atoms with Gasteiger partial charge in [-0.1, -0.05) is 48.5 Å². The van der Waals surface area contributed by atoms with Crippen LogP contribution >= 0.6 is 0 Å². The number of carbonyl (C=O) groups excluding carboxylic acids is 1.